The summed E-state index contributed by atoms with van der Waals surface area (Å²) in [6.45, 7) is 11.3. The summed E-state index contributed by atoms with van der Waals surface area (Å²) in [6, 6.07) is 21.7. The Labute approximate surface area is 144 Å². The lowest BCUT2D eigenvalue weighted by atomic mass is 9.85. The topological polar surface area (TPSA) is 0 Å². The first-order chi connectivity index (χ1) is 11.1. The summed E-state index contributed by atoms with van der Waals surface area (Å²) in [5.74, 6) is 2.17. The second-order valence-electron chi connectivity index (χ2n) is 6.87. The van der Waals surface area contributed by atoms with E-state index in [1.807, 2.05) is 0 Å². The van der Waals surface area contributed by atoms with Crippen molar-refractivity contribution in [2.24, 2.45) is 5.92 Å². The molecule has 0 saturated heterocycles. The third-order valence-corrected chi connectivity index (χ3v) is 4.59. The third-order valence-electron chi connectivity index (χ3n) is 4.59. The summed E-state index contributed by atoms with van der Waals surface area (Å²) in [5.41, 5.74) is 2.93. The zero-order chi connectivity index (χ0) is 17.1. The summed E-state index contributed by atoms with van der Waals surface area (Å²) in [4.78, 5) is 0. The summed E-state index contributed by atoms with van der Waals surface area (Å²) in [5, 5.41) is 0. The van der Waals surface area contributed by atoms with Crippen molar-refractivity contribution >= 4 is 0 Å². The molecule has 0 radical (unpaired) electrons. The van der Waals surface area contributed by atoms with E-state index >= 15 is 0 Å². The van der Waals surface area contributed by atoms with Crippen molar-refractivity contribution in [2.45, 2.75) is 65.7 Å². The molecule has 2 rings (SSSR count). The van der Waals surface area contributed by atoms with Gasteiger partial charge in [0.2, 0.25) is 0 Å². The monoisotopic (exact) mass is 310 g/mol. The first-order valence-corrected chi connectivity index (χ1v) is 9.18. The quantitative estimate of drug-likeness (QED) is 0.520. The van der Waals surface area contributed by atoms with Gasteiger partial charge in [-0.1, -0.05) is 102 Å². The van der Waals surface area contributed by atoms with Gasteiger partial charge in [0.05, 0.1) is 0 Å². The smallest absolute Gasteiger partial charge is 0.0159 e. The molecule has 0 N–H and O–H groups in total. The van der Waals surface area contributed by atoms with Gasteiger partial charge in [-0.2, -0.15) is 0 Å². The minimum Gasteiger partial charge on any atom is -0.0651 e. The van der Waals surface area contributed by atoms with E-state index in [-0.39, 0.29) is 0 Å². The summed E-state index contributed by atoms with van der Waals surface area (Å²) < 4.78 is 0. The van der Waals surface area contributed by atoms with Crippen molar-refractivity contribution in [3.05, 3.63) is 71.8 Å². The average Bonchev–Trinajstić information content (AvgIpc) is 2.61. The predicted molar refractivity (Wildman–Crippen MR) is 104 cm³/mol. The molecule has 0 spiro atoms. The number of rotatable bonds is 6. The molecule has 0 bridgehead atoms. The van der Waals surface area contributed by atoms with Crippen molar-refractivity contribution < 1.29 is 0 Å². The zero-order valence-electron chi connectivity index (χ0n) is 15.6. The molecule has 0 aromatic heterocycles. The number of benzene rings is 2. The Morgan fingerprint density at radius 3 is 1.48 bits per heavy atom. The standard InChI is InChI=1S/C18H22.C5H12/c1-3-16(18-12-8-5-9-13-18)14-15(2)17-10-6-4-7-11-17;1-4-5(2)3/h4-13,15-16H,3,14H2,1-2H3;5H,4H2,1-3H3. The van der Waals surface area contributed by atoms with Gasteiger partial charge in [-0.3, -0.25) is 0 Å². The van der Waals surface area contributed by atoms with Crippen LogP contribution in [0.5, 0.6) is 0 Å². The van der Waals surface area contributed by atoms with Gasteiger partial charge in [0.15, 0.2) is 0 Å². The van der Waals surface area contributed by atoms with Crippen molar-refractivity contribution in [1.29, 1.82) is 0 Å². The van der Waals surface area contributed by atoms with Gasteiger partial charge in [0.1, 0.15) is 0 Å². The molecular weight excluding hydrogens is 276 g/mol. The van der Waals surface area contributed by atoms with E-state index < -0.39 is 0 Å². The lowest BCUT2D eigenvalue weighted by Gasteiger charge is -2.20. The maximum absolute atomic E-state index is 2.33. The van der Waals surface area contributed by atoms with E-state index in [4.69, 9.17) is 0 Å². The molecule has 2 unspecified atom stereocenters. The van der Waals surface area contributed by atoms with Gasteiger partial charge >= 0.3 is 0 Å². The average molecular weight is 311 g/mol. The van der Waals surface area contributed by atoms with Gasteiger partial charge in [-0.25, -0.2) is 0 Å². The first kappa shape index (κ1) is 19.5. The normalized spacial score (nSPS) is 13.1. The first-order valence-electron chi connectivity index (χ1n) is 9.18. The molecule has 0 amide bonds. The summed E-state index contributed by atoms with van der Waals surface area (Å²) in [7, 11) is 0. The molecule has 2 atom stereocenters. The number of hydrogen-bond donors (Lipinski definition) is 0. The summed E-state index contributed by atoms with van der Waals surface area (Å²) in [6.07, 6.45) is 3.74. The Balaban J connectivity index is 0.000000463. The molecular formula is C23H34. The second-order valence-corrected chi connectivity index (χ2v) is 6.87. The Hall–Kier alpha value is -1.56. The fourth-order valence-electron chi connectivity index (χ4n) is 2.61. The van der Waals surface area contributed by atoms with Crippen molar-refractivity contribution in [1.82, 2.24) is 0 Å². The molecule has 0 aliphatic rings. The molecule has 0 nitrogen and oxygen atoms in total. The van der Waals surface area contributed by atoms with Crippen LogP contribution in [0.2, 0.25) is 0 Å². The molecule has 2 aromatic carbocycles. The largest absolute Gasteiger partial charge is 0.0651 e. The molecule has 0 aliphatic heterocycles. The van der Waals surface area contributed by atoms with E-state index in [0.717, 1.165) is 5.92 Å². The minimum absolute atomic E-state index is 0.622. The lowest BCUT2D eigenvalue weighted by molar-refractivity contribution is 0.544. The van der Waals surface area contributed by atoms with E-state index in [1.165, 1.54) is 30.4 Å². The van der Waals surface area contributed by atoms with Crippen LogP contribution in [0.25, 0.3) is 0 Å². The fourth-order valence-corrected chi connectivity index (χ4v) is 2.61. The van der Waals surface area contributed by atoms with Gasteiger partial charge in [0, 0.05) is 0 Å². The van der Waals surface area contributed by atoms with Crippen molar-refractivity contribution in [2.75, 3.05) is 0 Å². The molecule has 126 valence electrons. The highest BCUT2D eigenvalue weighted by Gasteiger charge is 2.14. The Morgan fingerprint density at radius 2 is 1.09 bits per heavy atom. The highest BCUT2D eigenvalue weighted by Crippen LogP contribution is 2.31. The SMILES string of the molecule is CCC(C)C.CCC(CC(C)c1ccccc1)c1ccccc1. The van der Waals surface area contributed by atoms with E-state index in [9.17, 15) is 0 Å². The van der Waals surface area contributed by atoms with Gasteiger partial charge < -0.3 is 0 Å². The highest BCUT2D eigenvalue weighted by molar-refractivity contribution is 5.23. The molecule has 2 aromatic rings. The third kappa shape index (κ3) is 7.50. The van der Waals surface area contributed by atoms with Crippen LogP contribution in [-0.2, 0) is 0 Å². The van der Waals surface area contributed by atoms with Crippen LogP contribution in [-0.4, -0.2) is 0 Å². The van der Waals surface area contributed by atoms with Crippen LogP contribution >= 0.6 is 0 Å². The van der Waals surface area contributed by atoms with Crippen LogP contribution < -0.4 is 0 Å². The zero-order valence-corrected chi connectivity index (χ0v) is 15.6. The van der Waals surface area contributed by atoms with Crippen LogP contribution in [0, 0.1) is 5.92 Å². The van der Waals surface area contributed by atoms with Gasteiger partial charge in [-0.15, -0.1) is 0 Å². The molecule has 0 saturated carbocycles. The van der Waals surface area contributed by atoms with Crippen LogP contribution in [0.1, 0.15) is 76.8 Å². The van der Waals surface area contributed by atoms with E-state index in [1.54, 1.807) is 0 Å². The second kappa shape index (κ2) is 11.0. The van der Waals surface area contributed by atoms with Crippen LogP contribution in [0.4, 0.5) is 0 Å². The molecule has 0 fully saturated rings. The van der Waals surface area contributed by atoms with E-state index in [2.05, 4.69) is 95.3 Å². The maximum Gasteiger partial charge on any atom is -0.0159 e. The highest BCUT2D eigenvalue weighted by atomic mass is 14.2. The number of hydrogen-bond acceptors (Lipinski definition) is 0. The Morgan fingerprint density at radius 1 is 0.652 bits per heavy atom. The molecule has 23 heavy (non-hydrogen) atoms. The Bertz CT molecular complexity index is 498. The minimum atomic E-state index is 0.622. The lowest BCUT2D eigenvalue weighted by Crippen LogP contribution is -2.03. The summed E-state index contributed by atoms with van der Waals surface area (Å²) >= 11 is 0. The van der Waals surface area contributed by atoms with Gasteiger partial charge in [0.25, 0.3) is 0 Å². The maximum atomic E-state index is 2.33. The molecule has 0 heterocycles. The molecule has 0 heteroatoms. The van der Waals surface area contributed by atoms with Crippen molar-refractivity contribution in [3.63, 3.8) is 0 Å². The van der Waals surface area contributed by atoms with Crippen LogP contribution in [0.15, 0.2) is 60.7 Å². The Kier molecular flexibility index (Phi) is 9.36. The van der Waals surface area contributed by atoms with Gasteiger partial charge in [-0.05, 0) is 41.7 Å². The van der Waals surface area contributed by atoms with Crippen LogP contribution in [0.3, 0.4) is 0 Å². The predicted octanol–water partition coefficient (Wildman–Crippen LogP) is 7.43. The fraction of sp³-hybridized carbons (Fsp3) is 0.478. The van der Waals surface area contributed by atoms with Crippen molar-refractivity contribution in [3.8, 4) is 0 Å². The van der Waals surface area contributed by atoms with E-state index in [0.29, 0.717) is 11.8 Å². The molecule has 0 aliphatic carbocycles.